The van der Waals surface area contributed by atoms with Crippen LogP contribution in [0.1, 0.15) is 56.2 Å². The van der Waals surface area contributed by atoms with Gasteiger partial charge in [0.15, 0.2) is 27.3 Å². The number of likely N-dealkylation sites (tertiary alicyclic amines) is 1. The molecule has 0 aromatic carbocycles. The number of methoxy groups -OCH3 is 2. The molecule has 9 N–H and O–H groups in total. The number of likely N-dealkylation sites (N-methyl/N-ethyl adjacent to an activating group) is 2. The van der Waals surface area contributed by atoms with Crippen molar-refractivity contribution in [2.75, 3.05) is 146 Å². The van der Waals surface area contributed by atoms with Crippen LogP contribution in [0.2, 0.25) is 0 Å². The zero-order valence-corrected chi connectivity index (χ0v) is 68.0. The summed E-state index contributed by atoms with van der Waals surface area (Å²) in [6.07, 6.45) is 25.4. The Hall–Kier alpha value is -12.2. The van der Waals surface area contributed by atoms with Crippen LogP contribution >= 0.6 is 0 Å². The molecule has 115 heavy (non-hydrogen) atoms. The van der Waals surface area contributed by atoms with Gasteiger partial charge >= 0.3 is 6.03 Å². The van der Waals surface area contributed by atoms with E-state index in [9.17, 15) is 22.8 Å². The topological polar surface area (TPSA) is 407 Å². The second-order valence-electron chi connectivity index (χ2n) is 29.1. The Labute approximate surface area is 666 Å². The van der Waals surface area contributed by atoms with Crippen LogP contribution in [-0.2, 0) is 33.5 Å². The van der Waals surface area contributed by atoms with Crippen LogP contribution in [0.25, 0.3) is 66.5 Å². The number of hydrogen-bond acceptors (Lipinski definition) is 27. The number of ether oxygens (including phenoxy) is 2. The molecule has 604 valence electrons. The SMILES string of the molecule is CCC(C(=O)Nc1nccc2c(-c3nc(Nc4cn(C)nc4OC)ncc3C)c[nH]c12)N1CCN(C)CC1.CC[C@H](C(=O)Nc1nccc2c(-c3nc(Nc4cc(S(C)(=O)=O)ccn4)ncc3C)c[nH]c12)N1CCN(C)CC1.COc1nn(C)cc1Nc1ncc(C)c(-c2c[nH]c3c(NC(=O)N(C)C4CCN(C)CC4)nccc23)n1. The fraction of sp³-hybridized carbons (Fsp3) is 0.397. The van der Waals surface area contributed by atoms with E-state index in [1.807, 2.05) is 92.6 Å². The molecule has 3 saturated heterocycles. The zero-order valence-electron chi connectivity index (χ0n) is 67.2. The number of carbonyl (C=O) groups excluding carboxylic acids is 3. The number of aromatic nitrogens is 17. The molecule has 12 aromatic heterocycles. The zero-order chi connectivity index (χ0) is 81.4. The van der Waals surface area contributed by atoms with Gasteiger partial charge in [-0.2, -0.15) is 0 Å². The van der Waals surface area contributed by atoms with Gasteiger partial charge in [-0.1, -0.05) is 13.8 Å². The summed E-state index contributed by atoms with van der Waals surface area (Å²) in [5.74, 6) is 3.69. The molecule has 4 amide bonds. The van der Waals surface area contributed by atoms with Crippen LogP contribution in [0.5, 0.6) is 11.8 Å². The van der Waals surface area contributed by atoms with Crippen molar-refractivity contribution in [3.63, 3.8) is 0 Å². The van der Waals surface area contributed by atoms with Crippen molar-refractivity contribution in [3.8, 4) is 45.5 Å². The quantitative estimate of drug-likeness (QED) is 0.0305. The molecule has 37 heteroatoms. The van der Waals surface area contributed by atoms with Gasteiger partial charge in [-0.15, -0.1) is 10.2 Å². The molecule has 3 fully saturated rings. The first-order valence-electron chi connectivity index (χ1n) is 38.1. The molecule has 2 atom stereocenters. The number of carbonyl (C=O) groups is 3. The van der Waals surface area contributed by atoms with E-state index in [0.29, 0.717) is 75.9 Å². The first-order chi connectivity index (χ1) is 55.3. The highest BCUT2D eigenvalue weighted by atomic mass is 32.2. The Morgan fingerprint density at radius 3 is 1.28 bits per heavy atom. The number of rotatable bonds is 22. The summed E-state index contributed by atoms with van der Waals surface area (Å²) < 4.78 is 37.8. The number of H-pyrrole nitrogens is 3. The van der Waals surface area contributed by atoms with E-state index in [2.05, 4.69) is 138 Å². The van der Waals surface area contributed by atoms with Crippen molar-refractivity contribution in [2.45, 2.75) is 83.3 Å². The lowest BCUT2D eigenvalue weighted by molar-refractivity contribution is -0.122. The molecule has 3 aliphatic heterocycles. The monoisotopic (exact) mass is 1590 g/mol. The molecule has 15 rings (SSSR count). The lowest BCUT2D eigenvalue weighted by Crippen LogP contribution is -2.52. The van der Waals surface area contributed by atoms with Gasteiger partial charge in [0.2, 0.25) is 29.7 Å². The maximum Gasteiger partial charge on any atom is 0.323 e. The number of nitrogens with zero attached hydrogens (tertiary/aromatic N) is 20. The van der Waals surface area contributed by atoms with Gasteiger partial charge < -0.3 is 70.6 Å². The highest BCUT2D eigenvalue weighted by Crippen LogP contribution is 2.38. The molecule has 0 bridgehead atoms. The van der Waals surface area contributed by atoms with Crippen LogP contribution < -0.4 is 41.4 Å². The Morgan fingerprint density at radius 2 is 0.896 bits per heavy atom. The molecule has 12 aromatic rings. The molecule has 0 radical (unpaired) electrons. The van der Waals surface area contributed by atoms with E-state index in [1.54, 1.807) is 78.1 Å². The number of urea groups is 1. The Morgan fingerprint density at radius 1 is 0.522 bits per heavy atom. The minimum Gasteiger partial charge on any atom is -0.478 e. The number of pyridine rings is 4. The minimum absolute atomic E-state index is 0.0386. The highest BCUT2D eigenvalue weighted by molar-refractivity contribution is 7.90. The van der Waals surface area contributed by atoms with Gasteiger partial charge in [-0.25, -0.2) is 63.1 Å². The lowest BCUT2D eigenvalue weighted by atomic mass is 10.0. The standard InChI is InChI=1S/C27H33N9O3S.C26H34N10O2.C25H32N10O2/c1-5-21(36-12-10-35(3)11-13-36)26(37)34-25-24-19(7-9-29-25)20(16-30-24)23-17(2)15-31-27(33-23)32-22-14-18(6-8-28-22)40(4,38)39;1-6-20(36-11-9-34(3)10-12-36)24(37)32-23-22-17(7-8-27-23)18(14-28-22)21-16(2)13-29-26(31-21)30-19-15-35(4)33-25(19)38-5;1-15-12-28-24(29-19-14-34(3)32-23(19)37-5)30-20(15)18-13-27-21-17(18)6-9-26-22(21)31-25(36)35(4)16-7-10-33(2)11-8-16/h6-9,14-16,21,30H,5,10-13H2,1-4H3,(H,29,34,37)(H,28,31,32,33);7-8,13-15,20,28H,6,9-12H2,1-5H3,(H,27,32,37)(H,29,30,31);6,9,12-14,16,27H,7-8,10-11H2,1-5H3,(H,26,31,36)(H,28,29,30)/t21-;;/m1../s1. The van der Waals surface area contributed by atoms with E-state index in [-0.39, 0.29) is 46.8 Å². The van der Waals surface area contributed by atoms with Crippen LogP contribution in [0.3, 0.4) is 0 Å². The highest BCUT2D eigenvalue weighted by Gasteiger charge is 2.32. The van der Waals surface area contributed by atoms with Crippen molar-refractivity contribution in [1.29, 1.82) is 0 Å². The Balaban J connectivity index is 0.000000150. The van der Waals surface area contributed by atoms with Crippen molar-refractivity contribution in [3.05, 3.63) is 121 Å². The summed E-state index contributed by atoms with van der Waals surface area (Å²) in [6, 6.07) is 8.21. The third-order valence-corrected chi connectivity index (χ3v) is 22.1. The van der Waals surface area contributed by atoms with Crippen molar-refractivity contribution >= 4 is 113 Å². The van der Waals surface area contributed by atoms with E-state index < -0.39 is 9.84 Å². The van der Waals surface area contributed by atoms with Gasteiger partial charge in [0, 0.05) is 181 Å². The molecule has 0 spiro atoms. The number of nitrogens with one attached hydrogen (secondary N) is 9. The largest absolute Gasteiger partial charge is 0.478 e. The lowest BCUT2D eigenvalue weighted by Gasteiger charge is -2.36. The van der Waals surface area contributed by atoms with Crippen LogP contribution in [0, 0.1) is 20.8 Å². The Kier molecular flexibility index (Phi) is 25.0. The normalized spacial score (nSPS) is 15.3. The summed E-state index contributed by atoms with van der Waals surface area (Å²) in [5, 5.41) is 29.7. The third kappa shape index (κ3) is 18.6. The number of piperazine rings is 2. The fourth-order valence-corrected chi connectivity index (χ4v) is 15.1. The maximum absolute atomic E-state index is 13.3. The molecule has 1 unspecified atom stereocenters. The summed E-state index contributed by atoms with van der Waals surface area (Å²) in [5.41, 5.74) is 11.0. The van der Waals surface area contributed by atoms with Gasteiger partial charge in [0.1, 0.15) is 17.2 Å². The van der Waals surface area contributed by atoms with Crippen molar-refractivity contribution in [2.24, 2.45) is 14.1 Å². The van der Waals surface area contributed by atoms with Crippen LogP contribution in [0.15, 0.2) is 110 Å². The average Bonchev–Trinajstić information content (AvgIpc) is 1.65. The predicted octanol–water partition coefficient (Wildman–Crippen LogP) is 8.99. The van der Waals surface area contributed by atoms with Crippen LogP contribution in [0.4, 0.5) is 57.3 Å². The second-order valence-corrected chi connectivity index (χ2v) is 31.1. The molecule has 15 heterocycles. The summed E-state index contributed by atoms with van der Waals surface area (Å²) in [6.45, 7) is 19.1. The number of amides is 4. The van der Waals surface area contributed by atoms with E-state index in [1.165, 1.54) is 18.3 Å². The number of aromatic amines is 3. The van der Waals surface area contributed by atoms with Gasteiger partial charge in [-0.05, 0) is 128 Å². The van der Waals surface area contributed by atoms with Crippen LogP contribution in [-0.4, -0.2) is 272 Å². The van der Waals surface area contributed by atoms with E-state index in [4.69, 9.17) is 24.4 Å². The predicted molar refractivity (Wildman–Crippen MR) is 443 cm³/mol. The number of anilines is 9. The van der Waals surface area contributed by atoms with Gasteiger partial charge in [0.25, 0.3) is 11.8 Å². The first kappa shape index (κ1) is 80.9. The number of hydrogen-bond donors (Lipinski definition) is 9. The van der Waals surface area contributed by atoms with E-state index >= 15 is 0 Å². The minimum atomic E-state index is -3.39. The average molecular weight is 1590 g/mol. The van der Waals surface area contributed by atoms with Crippen molar-refractivity contribution < 1.29 is 32.3 Å². The number of fused-ring (bicyclic) bond motifs is 3. The van der Waals surface area contributed by atoms with Crippen molar-refractivity contribution in [1.82, 2.24) is 114 Å². The fourth-order valence-electron chi connectivity index (χ4n) is 14.5. The smallest absolute Gasteiger partial charge is 0.323 e. The van der Waals surface area contributed by atoms with E-state index in [0.717, 1.165) is 163 Å². The number of aryl methyl sites for hydroxylation is 5. The molecule has 3 aliphatic rings. The molecular weight excluding hydrogens is 1490 g/mol. The summed E-state index contributed by atoms with van der Waals surface area (Å²) >= 11 is 0. The number of sulfone groups is 1. The molecule has 36 nitrogen and oxygen atoms in total. The maximum atomic E-state index is 13.3. The Bertz CT molecular complexity index is 5580. The summed E-state index contributed by atoms with van der Waals surface area (Å²) in [4.78, 5) is 108. The summed E-state index contributed by atoms with van der Waals surface area (Å²) in [7, 11) is 11.5. The second kappa shape index (κ2) is 35.5. The number of piperidine rings is 1. The third-order valence-electron chi connectivity index (χ3n) is 21.0. The van der Waals surface area contributed by atoms with Gasteiger partial charge in [-0.3, -0.25) is 34.1 Å². The molecule has 0 aliphatic carbocycles. The molecular formula is C78H99N29O7S. The first-order valence-corrected chi connectivity index (χ1v) is 40.0. The van der Waals surface area contributed by atoms with Gasteiger partial charge in [0.05, 0.1) is 77.2 Å². The molecule has 0 saturated carbocycles.